The normalized spacial score (nSPS) is 10.2. The van der Waals surface area contributed by atoms with Crippen molar-refractivity contribution in [2.24, 2.45) is 0 Å². The molecule has 2 heterocycles. The van der Waals surface area contributed by atoms with E-state index in [-0.39, 0.29) is 11.4 Å². The number of para-hydroxylation sites is 1. The summed E-state index contributed by atoms with van der Waals surface area (Å²) in [5, 5.41) is 18.5. The number of nitriles is 1. The average Bonchev–Trinajstić information content (AvgIpc) is 3.04. The fraction of sp³-hybridized carbons (Fsp3) is 0.0909. The minimum absolute atomic E-state index is 0.0464. The second-order valence-corrected chi connectivity index (χ2v) is 6.42. The number of rotatable bonds is 3. The van der Waals surface area contributed by atoms with Crippen LogP contribution in [-0.2, 0) is 6.42 Å². The highest BCUT2D eigenvalue weighted by Crippen LogP contribution is 2.19. The summed E-state index contributed by atoms with van der Waals surface area (Å²) in [6.07, 6.45) is 3.43. The highest BCUT2D eigenvalue weighted by molar-refractivity contribution is 5.88. The lowest BCUT2D eigenvalue weighted by Crippen LogP contribution is -2.04. The summed E-state index contributed by atoms with van der Waals surface area (Å²) in [6.45, 7) is 1.58. The third kappa shape index (κ3) is 4.42. The van der Waals surface area contributed by atoms with Crippen molar-refractivity contribution in [3.63, 3.8) is 0 Å². The number of carboxylic acid groups (broad SMARTS) is 1. The largest absolute Gasteiger partial charge is 0.478 e. The van der Waals surface area contributed by atoms with Crippen LogP contribution >= 0.6 is 0 Å². The van der Waals surface area contributed by atoms with Gasteiger partial charge in [0.2, 0.25) is 0 Å². The van der Waals surface area contributed by atoms with E-state index in [1.807, 2.05) is 24.3 Å². The maximum absolute atomic E-state index is 13.0. The number of hydrogen-bond donors (Lipinski definition) is 2. The minimum Gasteiger partial charge on any atom is -0.478 e. The smallest absolute Gasteiger partial charge is 0.339 e. The Balaban J connectivity index is 0.000000177. The predicted molar refractivity (Wildman–Crippen MR) is 111 cm³/mol. The van der Waals surface area contributed by atoms with Gasteiger partial charge in [0.25, 0.3) is 0 Å². The zero-order valence-corrected chi connectivity index (χ0v) is 16.1. The van der Waals surface area contributed by atoms with Crippen LogP contribution in [0.1, 0.15) is 21.6 Å². The van der Waals surface area contributed by atoms with E-state index in [9.17, 15) is 9.18 Å². The van der Waals surface area contributed by atoms with Crippen molar-refractivity contribution in [2.75, 3.05) is 5.84 Å². The van der Waals surface area contributed by atoms with E-state index in [1.165, 1.54) is 18.3 Å². The quantitative estimate of drug-likeness (QED) is 0.504. The number of benzene rings is 2. The summed E-state index contributed by atoms with van der Waals surface area (Å²) in [4.78, 5) is 18.7. The number of nitrogens with zero attached hydrogens (tertiary/aromatic N) is 4. The molecule has 0 spiro atoms. The van der Waals surface area contributed by atoms with Crippen molar-refractivity contribution in [1.29, 1.82) is 5.26 Å². The van der Waals surface area contributed by atoms with Gasteiger partial charge in [0.05, 0.1) is 29.3 Å². The number of carboxylic acids is 1. The van der Waals surface area contributed by atoms with E-state index in [2.05, 4.69) is 16.0 Å². The Bertz CT molecular complexity index is 1260. The Kier molecular flexibility index (Phi) is 6.03. The van der Waals surface area contributed by atoms with Gasteiger partial charge in [-0.2, -0.15) is 5.26 Å². The molecule has 4 rings (SSSR count). The molecule has 7 nitrogen and oxygen atoms in total. The fourth-order valence-electron chi connectivity index (χ4n) is 2.95. The van der Waals surface area contributed by atoms with Crippen LogP contribution in [0, 0.1) is 24.1 Å². The number of nitrogens with two attached hydrogens (primary N) is 1. The van der Waals surface area contributed by atoms with Crippen molar-refractivity contribution in [3.05, 3.63) is 83.6 Å². The number of aromatic nitrogens is 3. The molecular formula is C22H18FN5O2. The van der Waals surface area contributed by atoms with Crippen molar-refractivity contribution in [2.45, 2.75) is 13.3 Å². The lowest BCUT2D eigenvalue weighted by molar-refractivity contribution is 0.0695. The van der Waals surface area contributed by atoms with Crippen molar-refractivity contribution >= 4 is 16.9 Å². The van der Waals surface area contributed by atoms with E-state index in [1.54, 1.807) is 29.9 Å². The van der Waals surface area contributed by atoms with E-state index in [0.29, 0.717) is 23.5 Å². The molecule has 4 aromatic rings. The molecule has 0 aliphatic carbocycles. The van der Waals surface area contributed by atoms with Gasteiger partial charge in [0.15, 0.2) is 5.82 Å². The summed E-state index contributed by atoms with van der Waals surface area (Å²) < 4.78 is 14.6. The van der Waals surface area contributed by atoms with Gasteiger partial charge < -0.3 is 10.9 Å². The number of carbonyl (C=O) groups is 1. The van der Waals surface area contributed by atoms with Crippen LogP contribution in [0.3, 0.4) is 0 Å². The summed E-state index contributed by atoms with van der Waals surface area (Å²) in [6, 6.07) is 15.8. The number of nitrogen functional groups attached to an aromatic ring is 1. The van der Waals surface area contributed by atoms with Crippen LogP contribution < -0.4 is 5.84 Å². The summed E-state index contributed by atoms with van der Waals surface area (Å²) in [5.41, 5.74) is 2.87. The van der Waals surface area contributed by atoms with Gasteiger partial charge in [-0.25, -0.2) is 19.2 Å². The first kappa shape index (κ1) is 20.5. The van der Waals surface area contributed by atoms with Gasteiger partial charge in [-0.15, -0.1) is 0 Å². The molecule has 0 saturated carbocycles. The number of aromatic carboxylic acids is 1. The monoisotopic (exact) mass is 403 g/mol. The molecule has 0 unspecified atom stereocenters. The van der Waals surface area contributed by atoms with Crippen LogP contribution in [0.2, 0.25) is 0 Å². The van der Waals surface area contributed by atoms with Gasteiger partial charge in [-0.1, -0.05) is 30.3 Å². The molecule has 0 aliphatic heterocycles. The van der Waals surface area contributed by atoms with Crippen LogP contribution in [-0.4, -0.2) is 25.7 Å². The Hall–Kier alpha value is -4.25. The zero-order valence-electron chi connectivity index (χ0n) is 16.1. The fourth-order valence-corrected chi connectivity index (χ4v) is 2.95. The number of aryl methyl sites for hydroxylation is 1. The molecule has 2 aromatic heterocycles. The number of hydrogen-bond acceptors (Lipinski definition) is 5. The SMILES string of the molecule is Cc1nc(-c2cccc(F)c2)ncc1C(=O)O.N#CCc1cn(N)c2ccccc12. The molecule has 0 aliphatic rings. The Labute approximate surface area is 171 Å². The number of halogens is 1. The first-order valence-corrected chi connectivity index (χ1v) is 8.94. The van der Waals surface area contributed by atoms with Crippen molar-refractivity contribution in [1.82, 2.24) is 14.6 Å². The molecule has 0 atom stereocenters. The van der Waals surface area contributed by atoms with Gasteiger partial charge in [-0.05, 0) is 30.7 Å². The lowest BCUT2D eigenvalue weighted by atomic mass is 10.1. The average molecular weight is 403 g/mol. The maximum Gasteiger partial charge on any atom is 0.339 e. The maximum atomic E-state index is 13.0. The van der Waals surface area contributed by atoms with E-state index in [4.69, 9.17) is 16.2 Å². The molecule has 30 heavy (non-hydrogen) atoms. The molecule has 0 amide bonds. The molecule has 0 fully saturated rings. The van der Waals surface area contributed by atoms with Crippen LogP contribution in [0.25, 0.3) is 22.3 Å². The van der Waals surface area contributed by atoms with Gasteiger partial charge in [-0.3, -0.25) is 4.68 Å². The first-order valence-electron chi connectivity index (χ1n) is 8.94. The standard InChI is InChI=1S/C12H9FN2O2.C10H9N3/c1-7-10(12(16)17)6-14-11(15-7)8-3-2-4-9(13)5-8;11-6-5-8-7-13(12)10-4-2-1-3-9(8)10/h2-6H,1H3,(H,16,17);1-4,7H,5,12H2. The van der Waals surface area contributed by atoms with E-state index < -0.39 is 5.97 Å². The molecule has 8 heteroatoms. The number of fused-ring (bicyclic) bond motifs is 1. The highest BCUT2D eigenvalue weighted by atomic mass is 19.1. The second-order valence-electron chi connectivity index (χ2n) is 6.42. The van der Waals surface area contributed by atoms with Crippen LogP contribution in [0.5, 0.6) is 0 Å². The van der Waals surface area contributed by atoms with Gasteiger partial charge >= 0.3 is 5.97 Å². The summed E-state index contributed by atoms with van der Waals surface area (Å²) >= 11 is 0. The minimum atomic E-state index is -1.08. The third-order valence-corrected chi connectivity index (χ3v) is 4.39. The Morgan fingerprint density at radius 2 is 2.03 bits per heavy atom. The third-order valence-electron chi connectivity index (χ3n) is 4.39. The molecule has 3 N–H and O–H groups in total. The van der Waals surface area contributed by atoms with Crippen LogP contribution in [0.15, 0.2) is 60.9 Å². The zero-order chi connectivity index (χ0) is 21.7. The topological polar surface area (TPSA) is 118 Å². The van der Waals surface area contributed by atoms with Gasteiger partial charge in [0, 0.05) is 23.3 Å². The lowest BCUT2D eigenvalue weighted by Gasteiger charge is -2.03. The predicted octanol–water partition coefficient (Wildman–Crippen LogP) is 3.71. The Morgan fingerprint density at radius 3 is 2.70 bits per heavy atom. The highest BCUT2D eigenvalue weighted by Gasteiger charge is 2.11. The second kappa shape index (κ2) is 8.84. The van der Waals surface area contributed by atoms with Gasteiger partial charge in [0.1, 0.15) is 5.82 Å². The molecule has 2 aromatic carbocycles. The van der Waals surface area contributed by atoms with E-state index in [0.717, 1.165) is 16.5 Å². The molecular weight excluding hydrogens is 385 g/mol. The summed E-state index contributed by atoms with van der Waals surface area (Å²) in [5.74, 6) is 4.57. The van der Waals surface area contributed by atoms with Crippen molar-refractivity contribution in [3.8, 4) is 17.5 Å². The van der Waals surface area contributed by atoms with Crippen LogP contribution in [0.4, 0.5) is 4.39 Å². The first-order chi connectivity index (χ1) is 14.4. The molecule has 0 radical (unpaired) electrons. The molecule has 150 valence electrons. The summed E-state index contributed by atoms with van der Waals surface area (Å²) in [7, 11) is 0. The van der Waals surface area contributed by atoms with E-state index >= 15 is 0 Å². The molecule has 0 saturated heterocycles. The molecule has 0 bridgehead atoms. The Morgan fingerprint density at radius 1 is 1.27 bits per heavy atom. The van der Waals surface area contributed by atoms with Crippen molar-refractivity contribution < 1.29 is 14.3 Å².